The minimum atomic E-state index is -3.33. The summed E-state index contributed by atoms with van der Waals surface area (Å²) < 4.78 is 57.6. The van der Waals surface area contributed by atoms with Crippen molar-refractivity contribution >= 4 is 5.97 Å². The average molecular weight is 238 g/mol. The normalized spacial score (nSPS) is 10.4. The molecular weight excluding hydrogens is 232 g/mol. The topological polar surface area (TPSA) is 35.5 Å². The van der Waals surface area contributed by atoms with Crippen molar-refractivity contribution in [3.63, 3.8) is 0 Å². The van der Waals surface area contributed by atoms with Crippen LogP contribution in [0.4, 0.5) is 17.6 Å². The summed E-state index contributed by atoms with van der Waals surface area (Å²) in [5.74, 6) is -4.71. The minimum Gasteiger partial charge on any atom is -0.465 e. The first-order chi connectivity index (χ1) is 7.45. The number of ether oxygens (including phenoxy) is 2. The van der Waals surface area contributed by atoms with Crippen LogP contribution in [0.5, 0.6) is 5.75 Å². The summed E-state index contributed by atoms with van der Waals surface area (Å²) in [6.45, 7) is -3.33. The van der Waals surface area contributed by atoms with E-state index in [1.807, 2.05) is 0 Å². The third-order valence-electron chi connectivity index (χ3n) is 1.62. The van der Waals surface area contributed by atoms with Gasteiger partial charge in [-0.15, -0.1) is 0 Å². The van der Waals surface area contributed by atoms with Gasteiger partial charge in [-0.05, 0) is 6.07 Å². The van der Waals surface area contributed by atoms with Crippen molar-refractivity contribution in [1.82, 2.24) is 0 Å². The highest BCUT2D eigenvalue weighted by atomic mass is 19.3. The summed E-state index contributed by atoms with van der Waals surface area (Å²) in [6.07, 6.45) is 0. The van der Waals surface area contributed by atoms with Gasteiger partial charge in [0.1, 0.15) is 11.4 Å². The number of carbonyl (C=O) groups excluding carboxylic acids is 1. The molecule has 0 spiro atoms. The Morgan fingerprint density at radius 3 is 2.44 bits per heavy atom. The third kappa shape index (κ3) is 2.62. The molecule has 0 aliphatic carbocycles. The van der Waals surface area contributed by atoms with E-state index >= 15 is 0 Å². The van der Waals surface area contributed by atoms with E-state index in [0.29, 0.717) is 12.1 Å². The zero-order valence-electron chi connectivity index (χ0n) is 7.97. The van der Waals surface area contributed by atoms with Crippen LogP contribution >= 0.6 is 0 Å². The van der Waals surface area contributed by atoms with Gasteiger partial charge in [0.05, 0.1) is 7.11 Å². The Morgan fingerprint density at radius 2 is 1.94 bits per heavy atom. The quantitative estimate of drug-likeness (QED) is 0.599. The van der Waals surface area contributed by atoms with Crippen molar-refractivity contribution in [2.75, 3.05) is 7.11 Å². The van der Waals surface area contributed by atoms with Crippen molar-refractivity contribution in [2.45, 2.75) is 6.61 Å². The van der Waals surface area contributed by atoms with Crippen molar-refractivity contribution in [3.8, 4) is 5.75 Å². The number of hydrogen-bond acceptors (Lipinski definition) is 3. The highest BCUT2D eigenvalue weighted by Crippen LogP contribution is 2.26. The molecule has 16 heavy (non-hydrogen) atoms. The maximum absolute atomic E-state index is 13.1. The molecule has 0 aliphatic heterocycles. The molecule has 0 aromatic heterocycles. The second kappa shape index (κ2) is 4.82. The largest absolute Gasteiger partial charge is 0.465 e. The lowest BCUT2D eigenvalue weighted by molar-refractivity contribution is -0.0528. The van der Waals surface area contributed by atoms with Crippen LogP contribution in [0.1, 0.15) is 10.4 Å². The first-order valence-corrected chi connectivity index (χ1v) is 3.98. The maximum atomic E-state index is 13.1. The maximum Gasteiger partial charge on any atom is 0.387 e. The fraction of sp³-hybridized carbons (Fsp3) is 0.222. The van der Waals surface area contributed by atoms with E-state index in [0.717, 1.165) is 7.11 Å². The fourth-order valence-corrected chi connectivity index (χ4v) is 1.03. The van der Waals surface area contributed by atoms with Gasteiger partial charge in [-0.25, -0.2) is 13.6 Å². The number of halogens is 4. The van der Waals surface area contributed by atoms with Crippen molar-refractivity contribution in [3.05, 3.63) is 29.3 Å². The molecule has 0 aliphatic rings. The average Bonchev–Trinajstić information content (AvgIpc) is 2.20. The molecule has 88 valence electrons. The summed E-state index contributed by atoms with van der Waals surface area (Å²) in [7, 11) is 0.942. The molecule has 0 saturated heterocycles. The van der Waals surface area contributed by atoms with Gasteiger partial charge in [0.25, 0.3) is 0 Å². The monoisotopic (exact) mass is 238 g/mol. The van der Waals surface area contributed by atoms with Gasteiger partial charge in [-0.3, -0.25) is 0 Å². The van der Waals surface area contributed by atoms with Crippen molar-refractivity contribution in [2.24, 2.45) is 0 Å². The third-order valence-corrected chi connectivity index (χ3v) is 1.62. The van der Waals surface area contributed by atoms with Crippen LogP contribution in [0.2, 0.25) is 0 Å². The molecule has 0 bridgehead atoms. The Morgan fingerprint density at radius 1 is 1.31 bits per heavy atom. The summed E-state index contributed by atoms with van der Waals surface area (Å²) in [6, 6.07) is 0.872. The highest BCUT2D eigenvalue weighted by molar-refractivity contribution is 5.92. The van der Waals surface area contributed by atoms with Crippen molar-refractivity contribution < 1.29 is 31.8 Å². The van der Waals surface area contributed by atoms with Crippen LogP contribution < -0.4 is 4.74 Å². The molecule has 0 atom stereocenters. The lowest BCUT2D eigenvalue weighted by Gasteiger charge is -2.10. The summed E-state index contributed by atoms with van der Waals surface area (Å²) in [4.78, 5) is 11.0. The smallest absolute Gasteiger partial charge is 0.387 e. The molecule has 0 unspecified atom stereocenters. The van der Waals surface area contributed by atoms with E-state index in [1.54, 1.807) is 0 Å². The molecule has 7 heteroatoms. The molecule has 1 rings (SSSR count). The second-order valence-electron chi connectivity index (χ2n) is 2.63. The van der Waals surface area contributed by atoms with E-state index in [9.17, 15) is 22.4 Å². The molecule has 0 saturated carbocycles. The molecule has 3 nitrogen and oxygen atoms in total. The molecular formula is C9H6F4O3. The van der Waals surface area contributed by atoms with Crippen LogP contribution in [0.3, 0.4) is 0 Å². The Balaban J connectivity index is 3.26. The number of rotatable bonds is 3. The Bertz CT molecular complexity index is 406. The minimum absolute atomic E-state index is 0.324. The summed E-state index contributed by atoms with van der Waals surface area (Å²) in [5, 5.41) is 0. The predicted octanol–water partition coefficient (Wildman–Crippen LogP) is 2.35. The van der Waals surface area contributed by atoms with Crippen LogP contribution in [0.25, 0.3) is 0 Å². The van der Waals surface area contributed by atoms with Gasteiger partial charge in [0.2, 0.25) is 0 Å². The van der Waals surface area contributed by atoms with Crippen LogP contribution in [0.15, 0.2) is 12.1 Å². The van der Waals surface area contributed by atoms with E-state index < -0.39 is 35.5 Å². The molecule has 0 N–H and O–H groups in total. The number of methoxy groups -OCH3 is 1. The number of esters is 1. The Kier molecular flexibility index (Phi) is 3.70. The van der Waals surface area contributed by atoms with Gasteiger partial charge in [-0.2, -0.15) is 8.78 Å². The fourth-order valence-electron chi connectivity index (χ4n) is 1.03. The first-order valence-electron chi connectivity index (χ1n) is 3.98. The number of carbonyl (C=O) groups is 1. The Hall–Kier alpha value is -1.79. The molecule has 0 fully saturated rings. The van der Waals surface area contributed by atoms with Crippen LogP contribution in [-0.4, -0.2) is 19.7 Å². The van der Waals surface area contributed by atoms with Gasteiger partial charge >= 0.3 is 12.6 Å². The lowest BCUT2D eigenvalue weighted by Crippen LogP contribution is -2.11. The molecule has 0 radical (unpaired) electrons. The van der Waals surface area contributed by atoms with E-state index in [-0.39, 0.29) is 0 Å². The zero-order valence-corrected chi connectivity index (χ0v) is 7.97. The molecule has 1 aromatic rings. The van der Waals surface area contributed by atoms with Gasteiger partial charge in [0.15, 0.2) is 11.6 Å². The van der Waals surface area contributed by atoms with E-state index in [4.69, 9.17) is 0 Å². The Labute approximate surface area is 87.6 Å². The SMILES string of the molecule is COC(=O)c1cc(F)cc(F)c1OC(F)F. The number of benzene rings is 1. The summed E-state index contributed by atoms with van der Waals surface area (Å²) in [5.41, 5.74) is -0.736. The number of hydrogen-bond donors (Lipinski definition) is 0. The van der Waals surface area contributed by atoms with Crippen molar-refractivity contribution in [1.29, 1.82) is 0 Å². The second-order valence-corrected chi connectivity index (χ2v) is 2.63. The van der Waals surface area contributed by atoms with E-state index in [1.165, 1.54) is 0 Å². The van der Waals surface area contributed by atoms with Gasteiger partial charge < -0.3 is 9.47 Å². The summed E-state index contributed by atoms with van der Waals surface area (Å²) >= 11 is 0. The molecule has 1 aromatic carbocycles. The van der Waals surface area contributed by atoms with Crippen LogP contribution in [0, 0.1) is 11.6 Å². The number of alkyl halides is 2. The highest BCUT2D eigenvalue weighted by Gasteiger charge is 2.22. The van der Waals surface area contributed by atoms with Crippen LogP contribution in [-0.2, 0) is 4.74 Å². The molecule has 0 heterocycles. The predicted molar refractivity (Wildman–Crippen MR) is 44.3 cm³/mol. The van der Waals surface area contributed by atoms with E-state index in [2.05, 4.69) is 9.47 Å². The lowest BCUT2D eigenvalue weighted by atomic mass is 10.2. The first kappa shape index (κ1) is 12.3. The zero-order chi connectivity index (χ0) is 12.3. The molecule has 0 amide bonds. The van der Waals surface area contributed by atoms with Gasteiger partial charge in [0, 0.05) is 6.07 Å². The van der Waals surface area contributed by atoms with Gasteiger partial charge in [-0.1, -0.05) is 0 Å². The standard InChI is InChI=1S/C9H6F4O3/c1-15-8(14)5-2-4(10)3-6(11)7(5)16-9(12)13/h2-3,9H,1H3.